The largest absolute Gasteiger partial charge is 0.444 e. The van der Waals surface area contributed by atoms with E-state index < -0.39 is 0 Å². The van der Waals surface area contributed by atoms with Crippen LogP contribution in [0.25, 0.3) is 0 Å². The molecule has 0 aliphatic carbocycles. The van der Waals surface area contributed by atoms with E-state index in [2.05, 4.69) is 32.0 Å². The fourth-order valence-corrected chi connectivity index (χ4v) is 2.59. The number of likely N-dealkylation sites (N-methyl/N-ethyl adjacent to an activating group) is 1. The Morgan fingerprint density at radius 3 is 2.62 bits per heavy atom. The second kappa shape index (κ2) is 5.57. The van der Waals surface area contributed by atoms with Crippen molar-refractivity contribution in [3.8, 4) is 0 Å². The summed E-state index contributed by atoms with van der Waals surface area (Å²) in [7, 11) is 2.08. The molecule has 1 fully saturated rings. The lowest BCUT2D eigenvalue weighted by molar-refractivity contribution is 0.0662. The van der Waals surface area contributed by atoms with Gasteiger partial charge < -0.3 is 8.94 Å². The van der Waals surface area contributed by atoms with Gasteiger partial charge in [0, 0.05) is 19.6 Å². The summed E-state index contributed by atoms with van der Waals surface area (Å²) in [6, 6.07) is 0.122. The van der Waals surface area contributed by atoms with Crippen molar-refractivity contribution in [3.05, 3.63) is 29.1 Å². The van der Waals surface area contributed by atoms with Crippen molar-refractivity contribution in [2.75, 3.05) is 26.7 Å². The number of hydrogen-bond donors (Lipinski definition) is 0. The molecule has 0 bridgehead atoms. The van der Waals surface area contributed by atoms with Gasteiger partial charge in [0.25, 0.3) is 0 Å². The third-order valence-electron chi connectivity index (χ3n) is 3.99. The second-order valence-electron chi connectivity index (χ2n) is 5.66. The lowest BCUT2D eigenvalue weighted by atomic mass is 10.2. The number of oxazole rings is 1. The number of aryl methyl sites for hydroxylation is 3. The highest BCUT2D eigenvalue weighted by molar-refractivity contribution is 5.05. The van der Waals surface area contributed by atoms with Crippen LogP contribution in [-0.2, 0) is 6.54 Å². The molecule has 3 rings (SSSR count). The van der Waals surface area contributed by atoms with Gasteiger partial charge in [-0.25, -0.2) is 4.98 Å². The Morgan fingerprint density at radius 1 is 1.19 bits per heavy atom. The molecule has 7 nitrogen and oxygen atoms in total. The van der Waals surface area contributed by atoms with Gasteiger partial charge in [0.2, 0.25) is 11.8 Å². The maximum absolute atomic E-state index is 5.67. The van der Waals surface area contributed by atoms with Gasteiger partial charge in [-0.2, -0.15) is 4.98 Å². The molecule has 0 spiro atoms. The van der Waals surface area contributed by atoms with Crippen molar-refractivity contribution < 1.29 is 8.94 Å². The fourth-order valence-electron chi connectivity index (χ4n) is 2.59. The first-order valence-electron chi connectivity index (χ1n) is 7.18. The van der Waals surface area contributed by atoms with Gasteiger partial charge in [0.1, 0.15) is 11.8 Å². The van der Waals surface area contributed by atoms with Gasteiger partial charge in [-0.15, -0.1) is 0 Å². The van der Waals surface area contributed by atoms with Gasteiger partial charge >= 0.3 is 0 Å². The van der Waals surface area contributed by atoms with E-state index in [4.69, 9.17) is 8.94 Å². The molecule has 1 unspecified atom stereocenters. The molecule has 21 heavy (non-hydrogen) atoms. The van der Waals surface area contributed by atoms with E-state index in [-0.39, 0.29) is 6.04 Å². The first-order chi connectivity index (χ1) is 10.0. The van der Waals surface area contributed by atoms with Gasteiger partial charge in [-0.05, 0) is 27.8 Å². The summed E-state index contributed by atoms with van der Waals surface area (Å²) < 4.78 is 11.0. The monoisotopic (exact) mass is 291 g/mol. The number of rotatable bonds is 3. The Hall–Kier alpha value is -1.73. The minimum Gasteiger partial charge on any atom is -0.444 e. The van der Waals surface area contributed by atoms with Crippen molar-refractivity contribution in [1.82, 2.24) is 24.9 Å². The maximum Gasteiger partial charge on any atom is 0.245 e. The van der Waals surface area contributed by atoms with Crippen molar-refractivity contribution in [1.29, 1.82) is 0 Å². The normalized spacial score (nSPS) is 21.0. The maximum atomic E-state index is 5.67. The Kier molecular flexibility index (Phi) is 3.77. The van der Waals surface area contributed by atoms with Gasteiger partial charge in [-0.3, -0.25) is 9.80 Å². The molecule has 0 radical (unpaired) electrons. The van der Waals surface area contributed by atoms with Crippen molar-refractivity contribution in [2.45, 2.75) is 33.4 Å². The van der Waals surface area contributed by atoms with Crippen LogP contribution in [-0.4, -0.2) is 51.6 Å². The second-order valence-corrected chi connectivity index (χ2v) is 5.66. The first-order valence-corrected chi connectivity index (χ1v) is 7.18. The highest BCUT2D eigenvalue weighted by atomic mass is 16.5. The quantitative estimate of drug-likeness (QED) is 0.848. The fraction of sp³-hybridized carbons (Fsp3) is 0.643. The Labute approximate surface area is 123 Å². The first kappa shape index (κ1) is 14.2. The standard InChI is InChI=1S/C14H21N5O2/c1-9-10(2)20-13(15-9)8-19-6-5-18(4)12(7-19)14-16-11(3)17-21-14/h12H,5-8H2,1-4H3. The number of piperazine rings is 1. The topological polar surface area (TPSA) is 71.4 Å². The van der Waals surface area contributed by atoms with Crippen LogP contribution in [0.15, 0.2) is 8.94 Å². The number of hydrogen-bond acceptors (Lipinski definition) is 7. The molecular weight excluding hydrogens is 270 g/mol. The minimum absolute atomic E-state index is 0.122. The molecule has 1 saturated heterocycles. The molecule has 0 saturated carbocycles. The molecule has 0 N–H and O–H groups in total. The van der Waals surface area contributed by atoms with E-state index >= 15 is 0 Å². The summed E-state index contributed by atoms with van der Waals surface area (Å²) in [5.41, 5.74) is 0.961. The highest BCUT2D eigenvalue weighted by Crippen LogP contribution is 2.23. The van der Waals surface area contributed by atoms with Crippen molar-refractivity contribution in [3.63, 3.8) is 0 Å². The smallest absolute Gasteiger partial charge is 0.245 e. The lowest BCUT2D eigenvalue weighted by Gasteiger charge is -2.36. The summed E-state index contributed by atoms with van der Waals surface area (Å²) in [4.78, 5) is 13.4. The zero-order valence-corrected chi connectivity index (χ0v) is 13.0. The highest BCUT2D eigenvalue weighted by Gasteiger charge is 2.30. The minimum atomic E-state index is 0.122. The summed E-state index contributed by atoms with van der Waals surface area (Å²) in [6.45, 7) is 9.22. The van der Waals surface area contributed by atoms with Crippen LogP contribution in [0.2, 0.25) is 0 Å². The van der Waals surface area contributed by atoms with E-state index in [1.54, 1.807) is 0 Å². The molecule has 3 heterocycles. The van der Waals surface area contributed by atoms with E-state index in [1.165, 1.54) is 0 Å². The van der Waals surface area contributed by atoms with Crippen LogP contribution in [0.3, 0.4) is 0 Å². The predicted octanol–water partition coefficient (Wildman–Crippen LogP) is 1.47. The van der Waals surface area contributed by atoms with Gasteiger partial charge in [0.05, 0.1) is 12.2 Å². The molecule has 114 valence electrons. The molecule has 1 atom stereocenters. The predicted molar refractivity (Wildman–Crippen MR) is 75.7 cm³/mol. The molecule has 0 amide bonds. The Morgan fingerprint density at radius 2 is 2.00 bits per heavy atom. The Balaban J connectivity index is 1.70. The third kappa shape index (κ3) is 2.98. The van der Waals surface area contributed by atoms with Crippen LogP contribution in [0.5, 0.6) is 0 Å². The molecule has 2 aromatic heterocycles. The van der Waals surface area contributed by atoms with Crippen LogP contribution in [0.1, 0.15) is 35.1 Å². The zero-order chi connectivity index (χ0) is 15.0. The summed E-state index contributed by atoms with van der Waals surface area (Å²) in [5, 5.41) is 3.89. The summed E-state index contributed by atoms with van der Waals surface area (Å²) in [6.07, 6.45) is 0. The SMILES string of the molecule is Cc1noc(C2CN(Cc3nc(C)c(C)o3)CCN2C)n1. The number of nitrogens with zero attached hydrogens (tertiary/aromatic N) is 5. The molecule has 7 heteroatoms. The van der Waals surface area contributed by atoms with Crippen LogP contribution >= 0.6 is 0 Å². The molecule has 2 aromatic rings. The van der Waals surface area contributed by atoms with Crippen LogP contribution in [0.4, 0.5) is 0 Å². The third-order valence-corrected chi connectivity index (χ3v) is 3.99. The van der Waals surface area contributed by atoms with Crippen molar-refractivity contribution in [2.24, 2.45) is 0 Å². The molecular formula is C14H21N5O2. The average molecular weight is 291 g/mol. The zero-order valence-electron chi connectivity index (χ0n) is 13.0. The Bertz CT molecular complexity index is 601. The van der Waals surface area contributed by atoms with Crippen LogP contribution in [0, 0.1) is 20.8 Å². The van der Waals surface area contributed by atoms with E-state index in [0.717, 1.165) is 37.0 Å². The summed E-state index contributed by atoms with van der Waals surface area (Å²) in [5.74, 6) is 3.02. The molecule has 1 aliphatic heterocycles. The van der Waals surface area contributed by atoms with E-state index in [9.17, 15) is 0 Å². The van der Waals surface area contributed by atoms with Gasteiger partial charge in [0.15, 0.2) is 5.82 Å². The molecule has 1 aliphatic rings. The van der Waals surface area contributed by atoms with E-state index in [0.29, 0.717) is 18.3 Å². The number of aromatic nitrogens is 3. The van der Waals surface area contributed by atoms with Gasteiger partial charge in [-0.1, -0.05) is 5.16 Å². The molecule has 0 aromatic carbocycles. The van der Waals surface area contributed by atoms with E-state index in [1.807, 2.05) is 20.8 Å². The lowest BCUT2D eigenvalue weighted by Crippen LogP contribution is -2.46. The average Bonchev–Trinajstić information content (AvgIpc) is 2.99. The van der Waals surface area contributed by atoms with Crippen molar-refractivity contribution >= 4 is 0 Å². The summed E-state index contributed by atoms with van der Waals surface area (Å²) >= 11 is 0. The van der Waals surface area contributed by atoms with Crippen LogP contribution < -0.4 is 0 Å².